The van der Waals surface area contributed by atoms with E-state index < -0.39 is 23.8 Å². The van der Waals surface area contributed by atoms with Gasteiger partial charge in [-0.2, -0.15) is 0 Å². The molecule has 3 aromatic carbocycles. The quantitative estimate of drug-likeness (QED) is 0.569. The average Bonchev–Trinajstić information content (AvgIpc) is 3.10. The van der Waals surface area contributed by atoms with Gasteiger partial charge >= 0.3 is 5.91 Å². The molecule has 1 aliphatic heterocycles. The molecule has 4 rings (SSSR count). The van der Waals surface area contributed by atoms with Gasteiger partial charge in [0.05, 0.1) is 6.61 Å². The first kappa shape index (κ1) is 22.2. The molecule has 0 bridgehead atoms. The number of benzene rings is 3. The van der Waals surface area contributed by atoms with E-state index in [0.29, 0.717) is 6.61 Å². The Morgan fingerprint density at radius 1 is 1.06 bits per heavy atom. The lowest BCUT2D eigenvalue weighted by Crippen LogP contribution is -2.42. The highest BCUT2D eigenvalue weighted by Crippen LogP contribution is 2.26. The Kier molecular flexibility index (Phi) is 6.49. The van der Waals surface area contributed by atoms with E-state index >= 15 is 0 Å². The smallest absolute Gasteiger partial charge is 0.304 e. The number of carbonyl (C=O) groups excluding carboxylic acids is 2. The molecule has 0 spiro atoms. The van der Waals surface area contributed by atoms with Crippen molar-refractivity contribution in [2.24, 2.45) is 0 Å². The van der Waals surface area contributed by atoms with Gasteiger partial charge in [-0.15, -0.1) is 10.1 Å². The first-order valence-corrected chi connectivity index (χ1v) is 10.7. The number of halogens is 1. The van der Waals surface area contributed by atoms with E-state index in [2.05, 4.69) is 10.7 Å². The zero-order valence-corrected chi connectivity index (χ0v) is 18.4. The number of nitrogens with zero attached hydrogens (tertiary/aromatic N) is 1. The van der Waals surface area contributed by atoms with Crippen LogP contribution in [0.4, 0.5) is 4.39 Å². The molecule has 2 amide bonds. The molecule has 7 heteroatoms. The van der Waals surface area contributed by atoms with Gasteiger partial charge < -0.3 is 10.1 Å². The fourth-order valence-corrected chi connectivity index (χ4v) is 3.75. The minimum absolute atomic E-state index is 0.279. The van der Waals surface area contributed by atoms with E-state index in [9.17, 15) is 14.0 Å². The van der Waals surface area contributed by atoms with Gasteiger partial charge in [0.25, 0.3) is 5.91 Å². The van der Waals surface area contributed by atoms with E-state index in [1.807, 2.05) is 68.6 Å². The minimum atomic E-state index is -0.843. The number of amides is 2. The largest absolute Gasteiger partial charge is 0.494 e. The van der Waals surface area contributed by atoms with Crippen LogP contribution in [0.15, 0.2) is 72.8 Å². The summed E-state index contributed by atoms with van der Waals surface area (Å²) < 4.78 is 20.4. The van der Waals surface area contributed by atoms with Crippen LogP contribution >= 0.6 is 0 Å². The van der Waals surface area contributed by atoms with Crippen molar-refractivity contribution in [1.82, 2.24) is 10.7 Å². The van der Waals surface area contributed by atoms with Gasteiger partial charge in [-0.05, 0) is 62.4 Å². The second-order valence-corrected chi connectivity index (χ2v) is 7.83. The van der Waals surface area contributed by atoms with E-state index in [0.717, 1.165) is 22.4 Å². The van der Waals surface area contributed by atoms with Crippen molar-refractivity contribution in [1.29, 1.82) is 0 Å². The van der Waals surface area contributed by atoms with Crippen molar-refractivity contribution in [3.63, 3.8) is 0 Å². The van der Waals surface area contributed by atoms with Gasteiger partial charge in [-0.3, -0.25) is 9.59 Å². The molecule has 3 aromatic rings. The van der Waals surface area contributed by atoms with E-state index in [4.69, 9.17) is 4.74 Å². The first-order chi connectivity index (χ1) is 15.9. The number of hydrogen-bond donors (Lipinski definition) is 2. The molecule has 1 fully saturated rings. The summed E-state index contributed by atoms with van der Waals surface area (Å²) >= 11 is 0. The molecule has 33 heavy (non-hydrogen) atoms. The number of aryl methyl sites for hydroxylation is 1. The Balaban J connectivity index is 1.66. The van der Waals surface area contributed by atoms with Gasteiger partial charge in [0.15, 0.2) is 6.04 Å². The topological polar surface area (TPSA) is 70.4 Å². The number of nitrogens with one attached hydrogen (secondary N) is 2. The molecule has 1 aliphatic rings. The van der Waals surface area contributed by atoms with Gasteiger partial charge in [0.2, 0.25) is 12.3 Å². The molecule has 1 saturated heterocycles. The normalized spacial score (nSPS) is 18.8. The summed E-state index contributed by atoms with van der Waals surface area (Å²) in [5.74, 6) is -0.452. The molecule has 1 heterocycles. The monoisotopic (exact) mass is 446 g/mol. The van der Waals surface area contributed by atoms with Crippen LogP contribution in [0.2, 0.25) is 0 Å². The van der Waals surface area contributed by atoms with Crippen LogP contribution in [0.25, 0.3) is 0 Å². The molecule has 0 saturated carbocycles. The van der Waals surface area contributed by atoms with Crippen LogP contribution < -0.4 is 15.5 Å². The third kappa shape index (κ3) is 5.09. The maximum Gasteiger partial charge on any atom is 0.304 e. The van der Waals surface area contributed by atoms with Crippen molar-refractivity contribution in [2.75, 3.05) is 6.61 Å². The molecule has 0 aliphatic carbocycles. The van der Waals surface area contributed by atoms with E-state index in [-0.39, 0.29) is 11.5 Å². The SMILES string of the molecule is CCOc1ccc(/C=[N+]2\NC(=O)[C@@H](NC(=O)c3ccc(F)cc3)[C@@H]2c2ccc(C)cc2)cc1. The molecule has 168 valence electrons. The highest BCUT2D eigenvalue weighted by atomic mass is 19.1. The number of ether oxygens (including phenoxy) is 1. The Morgan fingerprint density at radius 2 is 1.73 bits per heavy atom. The minimum Gasteiger partial charge on any atom is -0.494 e. The second-order valence-electron chi connectivity index (χ2n) is 7.83. The number of hydrogen-bond acceptors (Lipinski definition) is 3. The number of hydrazone groups is 1. The van der Waals surface area contributed by atoms with Crippen LogP contribution in [-0.4, -0.2) is 35.4 Å². The van der Waals surface area contributed by atoms with Gasteiger partial charge in [0.1, 0.15) is 11.6 Å². The third-order valence-electron chi connectivity index (χ3n) is 5.43. The summed E-state index contributed by atoms with van der Waals surface area (Å²) in [7, 11) is 0. The van der Waals surface area contributed by atoms with Gasteiger partial charge in [-0.25, -0.2) is 4.39 Å². The molecular formula is C26H25FN3O3+. The third-order valence-corrected chi connectivity index (χ3v) is 5.43. The molecule has 2 atom stereocenters. The van der Waals surface area contributed by atoms with Crippen LogP contribution in [0, 0.1) is 12.7 Å². The highest BCUT2D eigenvalue weighted by molar-refractivity contribution is 5.98. The summed E-state index contributed by atoms with van der Waals surface area (Å²) in [6.45, 7) is 4.49. The molecular weight excluding hydrogens is 421 g/mol. The number of rotatable bonds is 6. The molecule has 0 radical (unpaired) electrons. The number of carbonyl (C=O) groups is 2. The lowest BCUT2D eigenvalue weighted by Gasteiger charge is -2.15. The predicted molar refractivity (Wildman–Crippen MR) is 123 cm³/mol. The first-order valence-electron chi connectivity index (χ1n) is 10.7. The molecule has 0 aromatic heterocycles. The van der Waals surface area contributed by atoms with Gasteiger partial charge in [0, 0.05) is 16.7 Å². The predicted octanol–water partition coefficient (Wildman–Crippen LogP) is 3.55. The van der Waals surface area contributed by atoms with Crippen molar-refractivity contribution in [2.45, 2.75) is 25.9 Å². The highest BCUT2D eigenvalue weighted by Gasteiger charge is 2.47. The number of hydrazine groups is 1. The standard InChI is InChI=1S/C26H24FN3O3/c1-3-33-22-14-6-18(7-15-22)16-30-24(19-8-4-17(2)5-9-19)23(26(32)29-30)28-25(31)20-10-12-21(27)13-11-20/h4-16,23-24H,3H2,1-2H3,(H-,28,29,31,32)/p+1/b30-16-/t23-,24-/m0/s1. The zero-order chi connectivity index (χ0) is 23.4. The summed E-state index contributed by atoms with van der Waals surface area (Å²) in [5.41, 5.74) is 5.95. The molecule has 2 N–H and O–H groups in total. The maximum absolute atomic E-state index is 13.2. The van der Waals surface area contributed by atoms with Crippen molar-refractivity contribution < 1.29 is 23.4 Å². The fraction of sp³-hybridized carbons (Fsp3) is 0.192. The van der Waals surface area contributed by atoms with Crippen molar-refractivity contribution in [3.05, 3.63) is 101 Å². The Labute approximate surface area is 191 Å². The lowest BCUT2D eigenvalue weighted by atomic mass is 9.98. The van der Waals surface area contributed by atoms with Crippen molar-refractivity contribution in [3.8, 4) is 5.75 Å². The summed E-state index contributed by atoms with van der Waals surface area (Å²) in [5, 5.41) is 2.81. The second kappa shape index (κ2) is 9.65. The Hall–Kier alpha value is -4.00. The van der Waals surface area contributed by atoms with Crippen LogP contribution in [-0.2, 0) is 4.79 Å². The Bertz CT molecular complexity index is 1170. The summed E-state index contributed by atoms with van der Waals surface area (Å²) in [6, 6.07) is 19.2. The zero-order valence-electron chi connectivity index (χ0n) is 18.4. The summed E-state index contributed by atoms with van der Waals surface area (Å²) in [4.78, 5) is 25.7. The maximum atomic E-state index is 13.2. The Morgan fingerprint density at radius 3 is 2.36 bits per heavy atom. The van der Waals surface area contributed by atoms with Crippen LogP contribution in [0.3, 0.4) is 0 Å². The summed E-state index contributed by atoms with van der Waals surface area (Å²) in [6.07, 6.45) is 1.82. The van der Waals surface area contributed by atoms with E-state index in [1.165, 1.54) is 24.3 Å². The average molecular weight is 447 g/mol. The van der Waals surface area contributed by atoms with Crippen molar-refractivity contribution >= 4 is 18.0 Å². The molecule has 6 nitrogen and oxygen atoms in total. The lowest BCUT2D eigenvalue weighted by molar-refractivity contribution is -0.596. The van der Waals surface area contributed by atoms with Gasteiger partial charge in [-0.1, -0.05) is 29.8 Å². The molecule has 0 unspecified atom stereocenters. The van der Waals surface area contributed by atoms with Crippen LogP contribution in [0.1, 0.15) is 40.0 Å². The van der Waals surface area contributed by atoms with Crippen LogP contribution in [0.5, 0.6) is 5.75 Å². The fourth-order valence-electron chi connectivity index (χ4n) is 3.75. The van der Waals surface area contributed by atoms with E-state index in [1.54, 1.807) is 4.68 Å².